The summed E-state index contributed by atoms with van der Waals surface area (Å²) in [6, 6.07) is 5.38. The van der Waals surface area contributed by atoms with Gasteiger partial charge < -0.3 is 14.2 Å². The van der Waals surface area contributed by atoms with E-state index in [1.165, 1.54) is 4.57 Å². The topological polar surface area (TPSA) is 115 Å². The van der Waals surface area contributed by atoms with Crippen LogP contribution in [0.4, 0.5) is 0 Å². The molecule has 0 saturated carbocycles. The number of amides is 2. The second-order valence-corrected chi connectivity index (χ2v) is 12.0. The Labute approximate surface area is 204 Å². The average molecular weight is 560 g/mol. The number of ether oxygens (including phenoxy) is 1. The van der Waals surface area contributed by atoms with Crippen molar-refractivity contribution in [3.05, 3.63) is 27.5 Å². The van der Waals surface area contributed by atoms with Crippen LogP contribution in [0.15, 0.2) is 27.7 Å². The van der Waals surface area contributed by atoms with Crippen LogP contribution >= 0.6 is 27.3 Å². The molecule has 12 heteroatoms. The highest BCUT2D eigenvalue weighted by atomic mass is 79.9. The van der Waals surface area contributed by atoms with Gasteiger partial charge >= 0.3 is 5.97 Å². The number of thiazole rings is 1. The molecule has 3 rings (SSSR count). The van der Waals surface area contributed by atoms with Crippen molar-refractivity contribution in [2.24, 2.45) is 10.9 Å². The Bertz CT molecular complexity index is 1230. The molecule has 9 nitrogen and oxygen atoms in total. The van der Waals surface area contributed by atoms with E-state index in [0.717, 1.165) is 33.4 Å². The number of rotatable bonds is 7. The number of hydrogen-bond acceptors (Lipinski definition) is 7. The Morgan fingerprint density at radius 2 is 2.03 bits per heavy atom. The van der Waals surface area contributed by atoms with Gasteiger partial charge in [0, 0.05) is 17.6 Å². The first-order valence-electron chi connectivity index (χ1n) is 10.6. The number of piperidine rings is 1. The van der Waals surface area contributed by atoms with Crippen LogP contribution in [0.5, 0.6) is 0 Å². The summed E-state index contributed by atoms with van der Waals surface area (Å²) in [7, 11) is -3.99. The number of likely N-dealkylation sites (tertiary alicyclic amines) is 1. The van der Waals surface area contributed by atoms with E-state index in [-0.39, 0.29) is 18.0 Å². The Morgan fingerprint density at radius 3 is 2.73 bits per heavy atom. The summed E-state index contributed by atoms with van der Waals surface area (Å²) < 4.78 is 33.1. The van der Waals surface area contributed by atoms with E-state index in [0.29, 0.717) is 24.5 Å². The fraction of sp³-hybridized carbons (Fsp3) is 0.524. The van der Waals surface area contributed by atoms with Crippen molar-refractivity contribution < 1.29 is 27.5 Å². The molecule has 2 aromatic rings. The van der Waals surface area contributed by atoms with Gasteiger partial charge in [0.25, 0.3) is 5.91 Å². The molecule has 1 aromatic heterocycles. The largest absolute Gasteiger partial charge is 0.465 e. The van der Waals surface area contributed by atoms with E-state index < -0.39 is 39.1 Å². The minimum absolute atomic E-state index is 0.167. The van der Waals surface area contributed by atoms with Crippen LogP contribution in [0.1, 0.15) is 26.7 Å². The minimum atomic E-state index is -3.99. The predicted molar refractivity (Wildman–Crippen MR) is 128 cm³/mol. The van der Waals surface area contributed by atoms with Gasteiger partial charge in [-0.1, -0.05) is 34.2 Å². The highest BCUT2D eigenvalue weighted by Gasteiger charge is 2.27. The standard InChI is InChI=1S/C21H26BrN3O6S2/c1-3-31-20(28)11-25-16-7-6-15(22)9-17(16)32-21(25)23-18(26)12-33(29,30)13-19(27)24-8-4-5-14(2)10-24/h6-7,9,14H,3-5,8,10-13H2,1-2H3. The van der Waals surface area contributed by atoms with E-state index >= 15 is 0 Å². The Balaban J connectivity index is 1.81. The maximum absolute atomic E-state index is 12.5. The first kappa shape index (κ1) is 25.6. The number of halogens is 1. The zero-order valence-electron chi connectivity index (χ0n) is 18.5. The fourth-order valence-corrected chi connectivity index (χ4v) is 6.39. The lowest BCUT2D eigenvalue weighted by atomic mass is 10.0. The number of fused-ring (bicyclic) bond motifs is 1. The van der Waals surface area contributed by atoms with Crippen LogP contribution in [0.3, 0.4) is 0 Å². The number of hydrogen-bond donors (Lipinski definition) is 0. The third-order valence-corrected chi connectivity index (χ3v) is 8.06. The summed E-state index contributed by atoms with van der Waals surface area (Å²) in [4.78, 5) is 42.8. The molecule has 1 saturated heterocycles. The van der Waals surface area contributed by atoms with Crippen molar-refractivity contribution in [2.45, 2.75) is 33.2 Å². The lowest BCUT2D eigenvalue weighted by Gasteiger charge is -2.30. The second kappa shape index (κ2) is 10.9. The Hall–Kier alpha value is -2.05. The number of nitrogens with zero attached hydrogens (tertiary/aromatic N) is 3. The van der Waals surface area contributed by atoms with Gasteiger partial charge in [0.2, 0.25) is 5.91 Å². The van der Waals surface area contributed by atoms with Gasteiger partial charge in [-0.25, -0.2) is 8.42 Å². The number of carbonyl (C=O) groups excluding carboxylic acids is 3. The summed E-state index contributed by atoms with van der Waals surface area (Å²) in [6.07, 6.45) is 1.84. The zero-order valence-corrected chi connectivity index (χ0v) is 21.7. The number of esters is 1. The molecule has 1 aromatic carbocycles. The van der Waals surface area contributed by atoms with Crippen LogP contribution < -0.4 is 4.80 Å². The van der Waals surface area contributed by atoms with Gasteiger partial charge in [-0.15, -0.1) is 0 Å². The van der Waals surface area contributed by atoms with Gasteiger partial charge in [0.1, 0.15) is 18.1 Å². The van der Waals surface area contributed by atoms with Crippen LogP contribution in [-0.4, -0.2) is 66.9 Å². The quantitative estimate of drug-likeness (QED) is 0.480. The van der Waals surface area contributed by atoms with E-state index in [4.69, 9.17) is 4.74 Å². The number of carbonyl (C=O) groups is 3. The van der Waals surface area contributed by atoms with Crippen molar-refractivity contribution >= 4 is 65.1 Å². The maximum Gasteiger partial charge on any atom is 0.326 e. The minimum Gasteiger partial charge on any atom is -0.465 e. The molecule has 0 aliphatic carbocycles. The average Bonchev–Trinajstić information content (AvgIpc) is 3.03. The molecule has 1 fully saturated rings. The summed E-state index contributed by atoms with van der Waals surface area (Å²) in [5.41, 5.74) is 0.667. The molecular formula is C21H26BrN3O6S2. The molecule has 33 heavy (non-hydrogen) atoms. The monoisotopic (exact) mass is 559 g/mol. The van der Waals surface area contributed by atoms with Crippen LogP contribution in [0, 0.1) is 5.92 Å². The highest BCUT2D eigenvalue weighted by Crippen LogP contribution is 2.22. The molecule has 2 amide bonds. The molecule has 1 atom stereocenters. The Kier molecular flexibility index (Phi) is 8.46. The van der Waals surface area contributed by atoms with E-state index in [2.05, 4.69) is 20.9 Å². The van der Waals surface area contributed by atoms with Crippen molar-refractivity contribution in [3.63, 3.8) is 0 Å². The van der Waals surface area contributed by atoms with Crippen LogP contribution in [0.25, 0.3) is 10.2 Å². The molecule has 1 unspecified atom stereocenters. The number of aromatic nitrogens is 1. The van der Waals surface area contributed by atoms with E-state index in [1.807, 2.05) is 13.0 Å². The fourth-order valence-electron chi connectivity index (χ4n) is 3.69. The van der Waals surface area contributed by atoms with Gasteiger partial charge in [0.15, 0.2) is 14.6 Å². The summed E-state index contributed by atoms with van der Waals surface area (Å²) in [5.74, 6) is -3.15. The summed E-state index contributed by atoms with van der Waals surface area (Å²) >= 11 is 4.54. The van der Waals surface area contributed by atoms with E-state index in [9.17, 15) is 22.8 Å². The normalized spacial score (nSPS) is 17.4. The molecule has 1 aliphatic heterocycles. The lowest BCUT2D eigenvalue weighted by Crippen LogP contribution is -2.42. The van der Waals surface area contributed by atoms with Crippen LogP contribution in [0.2, 0.25) is 0 Å². The smallest absolute Gasteiger partial charge is 0.326 e. The highest BCUT2D eigenvalue weighted by molar-refractivity contribution is 9.10. The van der Waals surface area contributed by atoms with Crippen molar-refractivity contribution in [1.82, 2.24) is 9.47 Å². The zero-order chi connectivity index (χ0) is 24.2. The van der Waals surface area contributed by atoms with Crippen molar-refractivity contribution in [1.29, 1.82) is 0 Å². The molecule has 0 radical (unpaired) electrons. The first-order chi connectivity index (χ1) is 15.6. The number of sulfone groups is 1. The Morgan fingerprint density at radius 1 is 1.27 bits per heavy atom. The van der Waals surface area contributed by atoms with Crippen molar-refractivity contribution in [2.75, 3.05) is 31.2 Å². The maximum atomic E-state index is 12.5. The van der Waals surface area contributed by atoms with Gasteiger partial charge in [0.05, 0.1) is 16.8 Å². The summed E-state index contributed by atoms with van der Waals surface area (Å²) in [5, 5.41) is 0. The second-order valence-electron chi connectivity index (χ2n) is 8.01. The van der Waals surface area contributed by atoms with Gasteiger partial charge in [-0.2, -0.15) is 4.99 Å². The molecule has 1 aliphatic rings. The molecule has 0 bridgehead atoms. The third kappa shape index (κ3) is 6.97. The first-order valence-corrected chi connectivity index (χ1v) is 14.0. The lowest BCUT2D eigenvalue weighted by molar-refractivity contribution is -0.143. The molecule has 180 valence electrons. The van der Waals surface area contributed by atoms with Gasteiger partial charge in [-0.3, -0.25) is 14.4 Å². The summed E-state index contributed by atoms with van der Waals surface area (Å²) in [6.45, 7) is 4.81. The van der Waals surface area contributed by atoms with Crippen LogP contribution in [-0.2, 0) is 35.5 Å². The molecule has 2 heterocycles. The molecule has 0 N–H and O–H groups in total. The predicted octanol–water partition coefficient (Wildman–Crippen LogP) is 2.13. The van der Waals surface area contributed by atoms with Gasteiger partial charge in [-0.05, 0) is 43.9 Å². The van der Waals surface area contributed by atoms with Crippen molar-refractivity contribution in [3.8, 4) is 0 Å². The van der Waals surface area contributed by atoms with E-state index in [1.54, 1.807) is 24.0 Å². The number of benzene rings is 1. The molecular weight excluding hydrogens is 534 g/mol. The third-order valence-electron chi connectivity index (χ3n) is 5.15. The molecule has 0 spiro atoms. The SMILES string of the molecule is CCOC(=O)Cn1c(=NC(=O)CS(=O)(=O)CC(=O)N2CCCC(C)C2)sc2cc(Br)ccc21.